The lowest BCUT2D eigenvalue weighted by Gasteiger charge is -2.24. The first-order valence-electron chi connectivity index (χ1n) is 9.60. The molecule has 1 saturated carbocycles. The zero-order valence-electron chi connectivity index (χ0n) is 16.4. The van der Waals surface area contributed by atoms with Gasteiger partial charge in [0.1, 0.15) is 12.3 Å². The topological polar surface area (TPSA) is 71.0 Å². The number of para-hydroxylation sites is 2. The molecule has 0 spiro atoms. The smallest absolute Gasteiger partial charge is 0.244 e. The van der Waals surface area contributed by atoms with Crippen molar-refractivity contribution >= 4 is 46.2 Å². The molecule has 29 heavy (non-hydrogen) atoms. The van der Waals surface area contributed by atoms with Crippen LogP contribution in [0.15, 0.2) is 41.4 Å². The Morgan fingerprint density at radius 1 is 1.34 bits per heavy atom. The Morgan fingerprint density at radius 2 is 2.14 bits per heavy atom. The summed E-state index contributed by atoms with van der Waals surface area (Å²) in [5, 5.41) is 3.41. The molecule has 1 aliphatic heterocycles. The molecule has 0 radical (unpaired) electrons. The third-order valence-corrected chi connectivity index (χ3v) is 5.79. The minimum atomic E-state index is -0.311. The number of rotatable bonds is 4. The van der Waals surface area contributed by atoms with E-state index in [1.165, 1.54) is 7.11 Å². The van der Waals surface area contributed by atoms with Gasteiger partial charge in [-0.15, -0.1) is 0 Å². The Hall–Kier alpha value is -2.86. The lowest BCUT2D eigenvalue weighted by atomic mass is 10.1. The SMILES string of the molecule is COc1cc(Cl)c(C)cc1NC(=O)CN1C(=O)[C@H]2CCCC2=Nc2ccccc21. The fourth-order valence-corrected chi connectivity index (χ4v) is 4.06. The number of anilines is 2. The molecule has 1 N–H and O–H groups in total. The molecule has 6 nitrogen and oxygen atoms in total. The van der Waals surface area contributed by atoms with E-state index in [2.05, 4.69) is 5.32 Å². The standard InChI is InChI=1S/C22H22ClN3O3/c1-13-10-18(20(29-2)11-15(13)23)25-21(27)12-26-19-9-4-3-7-17(19)24-16-8-5-6-14(16)22(26)28/h3-4,7,9-11,14H,5-6,8,12H2,1-2H3,(H,25,27)/t14-/m0/s1. The number of fused-ring (bicyclic) bond motifs is 2. The molecule has 0 aromatic heterocycles. The summed E-state index contributed by atoms with van der Waals surface area (Å²) < 4.78 is 5.33. The Labute approximate surface area is 174 Å². The zero-order valence-corrected chi connectivity index (χ0v) is 17.1. The van der Waals surface area contributed by atoms with Gasteiger partial charge in [0, 0.05) is 16.8 Å². The molecule has 2 aromatic rings. The Balaban J connectivity index is 1.61. The predicted octanol–water partition coefficient (Wildman–Crippen LogP) is 4.51. The summed E-state index contributed by atoms with van der Waals surface area (Å²) in [5.41, 5.74) is 3.65. The monoisotopic (exact) mass is 411 g/mol. The minimum Gasteiger partial charge on any atom is -0.495 e. The van der Waals surface area contributed by atoms with E-state index in [0.717, 1.165) is 36.2 Å². The fourth-order valence-electron chi connectivity index (χ4n) is 3.90. The van der Waals surface area contributed by atoms with Crippen LogP contribution in [-0.2, 0) is 9.59 Å². The van der Waals surface area contributed by atoms with Gasteiger partial charge in [0.2, 0.25) is 11.8 Å². The van der Waals surface area contributed by atoms with E-state index < -0.39 is 0 Å². The first-order valence-corrected chi connectivity index (χ1v) is 9.97. The summed E-state index contributed by atoms with van der Waals surface area (Å²) in [6.45, 7) is 1.75. The highest BCUT2D eigenvalue weighted by Gasteiger charge is 2.37. The molecular weight excluding hydrogens is 390 g/mol. The van der Waals surface area contributed by atoms with E-state index in [9.17, 15) is 9.59 Å². The molecule has 1 fully saturated rings. The number of aryl methyl sites for hydroxylation is 1. The largest absolute Gasteiger partial charge is 0.495 e. The number of ether oxygens (including phenoxy) is 1. The summed E-state index contributed by atoms with van der Waals surface area (Å²) in [7, 11) is 1.52. The summed E-state index contributed by atoms with van der Waals surface area (Å²) >= 11 is 6.14. The predicted molar refractivity (Wildman–Crippen MR) is 115 cm³/mol. The number of hydrogen-bond acceptors (Lipinski definition) is 4. The number of benzene rings is 2. The number of halogens is 1. The van der Waals surface area contributed by atoms with Gasteiger partial charge < -0.3 is 15.0 Å². The number of hydrogen-bond donors (Lipinski definition) is 1. The second-order valence-electron chi connectivity index (χ2n) is 7.31. The maximum absolute atomic E-state index is 13.2. The van der Waals surface area contributed by atoms with E-state index in [4.69, 9.17) is 21.3 Å². The van der Waals surface area contributed by atoms with Gasteiger partial charge in [-0.25, -0.2) is 0 Å². The summed E-state index contributed by atoms with van der Waals surface area (Å²) in [6, 6.07) is 10.9. The van der Waals surface area contributed by atoms with Gasteiger partial charge in [-0.3, -0.25) is 14.6 Å². The van der Waals surface area contributed by atoms with Crippen molar-refractivity contribution in [1.82, 2.24) is 0 Å². The lowest BCUT2D eigenvalue weighted by molar-refractivity contribution is -0.123. The highest BCUT2D eigenvalue weighted by molar-refractivity contribution is 6.31. The average molecular weight is 412 g/mol. The Morgan fingerprint density at radius 3 is 2.93 bits per heavy atom. The van der Waals surface area contributed by atoms with Crippen molar-refractivity contribution in [3.63, 3.8) is 0 Å². The van der Waals surface area contributed by atoms with E-state index in [1.807, 2.05) is 31.2 Å². The molecule has 2 amide bonds. The summed E-state index contributed by atoms with van der Waals surface area (Å²) in [5.74, 6) is -0.157. The van der Waals surface area contributed by atoms with Gasteiger partial charge in [-0.2, -0.15) is 0 Å². The number of nitrogens with zero attached hydrogens (tertiary/aromatic N) is 2. The van der Waals surface area contributed by atoms with Crippen LogP contribution in [0, 0.1) is 12.8 Å². The van der Waals surface area contributed by atoms with Crippen molar-refractivity contribution in [2.24, 2.45) is 10.9 Å². The molecular formula is C22H22ClN3O3. The molecule has 1 atom stereocenters. The van der Waals surface area contributed by atoms with Crippen LogP contribution < -0.4 is 15.0 Å². The van der Waals surface area contributed by atoms with E-state index >= 15 is 0 Å². The second-order valence-corrected chi connectivity index (χ2v) is 7.72. The lowest BCUT2D eigenvalue weighted by Crippen LogP contribution is -2.41. The Bertz CT molecular complexity index is 1020. The number of methoxy groups -OCH3 is 1. The maximum Gasteiger partial charge on any atom is 0.244 e. The van der Waals surface area contributed by atoms with Crippen molar-refractivity contribution in [3.05, 3.63) is 47.0 Å². The highest BCUT2D eigenvalue weighted by Crippen LogP contribution is 2.38. The zero-order chi connectivity index (χ0) is 20.5. The third-order valence-electron chi connectivity index (χ3n) is 5.39. The van der Waals surface area contributed by atoms with Gasteiger partial charge in [-0.1, -0.05) is 23.7 Å². The van der Waals surface area contributed by atoms with Crippen LogP contribution >= 0.6 is 11.6 Å². The molecule has 1 heterocycles. The summed E-state index contributed by atoms with van der Waals surface area (Å²) in [4.78, 5) is 32.4. The number of carbonyl (C=O) groups is 2. The number of aliphatic imine (C=N–C) groups is 1. The normalized spacial score (nSPS) is 17.9. The highest BCUT2D eigenvalue weighted by atomic mass is 35.5. The van der Waals surface area contributed by atoms with Crippen molar-refractivity contribution in [2.45, 2.75) is 26.2 Å². The van der Waals surface area contributed by atoms with Gasteiger partial charge in [0.15, 0.2) is 0 Å². The third kappa shape index (κ3) is 3.72. The molecule has 4 rings (SSSR count). The van der Waals surface area contributed by atoms with Crippen LogP contribution in [0.4, 0.5) is 17.1 Å². The Kier molecular flexibility index (Phi) is 5.28. The molecule has 2 aliphatic rings. The van der Waals surface area contributed by atoms with Crippen molar-refractivity contribution in [1.29, 1.82) is 0 Å². The molecule has 0 bridgehead atoms. The first-order chi connectivity index (χ1) is 14.0. The number of carbonyl (C=O) groups excluding carboxylic acids is 2. The van der Waals surface area contributed by atoms with Crippen molar-refractivity contribution in [2.75, 3.05) is 23.9 Å². The minimum absolute atomic E-state index is 0.0689. The van der Waals surface area contributed by atoms with E-state index in [1.54, 1.807) is 17.0 Å². The second kappa shape index (κ2) is 7.87. The van der Waals surface area contributed by atoms with Gasteiger partial charge in [-0.05, 0) is 49.9 Å². The van der Waals surface area contributed by atoms with Crippen LogP contribution in [0.3, 0.4) is 0 Å². The van der Waals surface area contributed by atoms with Gasteiger partial charge >= 0.3 is 0 Å². The first kappa shape index (κ1) is 19.5. The van der Waals surface area contributed by atoms with Crippen LogP contribution in [0.1, 0.15) is 24.8 Å². The molecule has 0 saturated heterocycles. The molecule has 2 aromatic carbocycles. The molecule has 1 aliphatic carbocycles. The van der Waals surface area contributed by atoms with Crippen LogP contribution in [-0.4, -0.2) is 31.2 Å². The quantitative estimate of drug-likeness (QED) is 0.804. The number of amides is 2. The van der Waals surface area contributed by atoms with Crippen LogP contribution in [0.2, 0.25) is 5.02 Å². The van der Waals surface area contributed by atoms with Gasteiger partial charge in [0.25, 0.3) is 0 Å². The molecule has 150 valence electrons. The number of nitrogens with one attached hydrogen (secondary N) is 1. The molecule has 7 heteroatoms. The average Bonchev–Trinajstić information content (AvgIpc) is 3.13. The van der Waals surface area contributed by atoms with Gasteiger partial charge in [0.05, 0.1) is 30.1 Å². The fraction of sp³-hybridized carbons (Fsp3) is 0.318. The van der Waals surface area contributed by atoms with E-state index in [0.29, 0.717) is 22.1 Å². The maximum atomic E-state index is 13.2. The van der Waals surface area contributed by atoms with Crippen LogP contribution in [0.25, 0.3) is 0 Å². The summed E-state index contributed by atoms with van der Waals surface area (Å²) in [6.07, 6.45) is 2.54. The van der Waals surface area contributed by atoms with Crippen molar-refractivity contribution in [3.8, 4) is 5.75 Å². The van der Waals surface area contributed by atoms with Crippen LogP contribution in [0.5, 0.6) is 5.75 Å². The van der Waals surface area contributed by atoms with E-state index in [-0.39, 0.29) is 24.3 Å². The van der Waals surface area contributed by atoms with Crippen molar-refractivity contribution < 1.29 is 14.3 Å². The molecule has 0 unspecified atom stereocenters.